The molecule has 0 atom stereocenters. The van der Waals surface area contributed by atoms with Crippen LogP contribution < -0.4 is 0 Å². The van der Waals surface area contributed by atoms with Crippen molar-refractivity contribution in [2.24, 2.45) is 0 Å². The van der Waals surface area contributed by atoms with Gasteiger partial charge in [0.05, 0.1) is 0 Å². The molecule has 0 bridgehead atoms. The van der Waals surface area contributed by atoms with Gasteiger partial charge in [-0.2, -0.15) is 0 Å². The molecule has 0 fully saturated rings. The van der Waals surface area contributed by atoms with Crippen molar-refractivity contribution in [3.8, 4) is 0 Å². The standard InChI is InChI=1S/C17H13N3/c1-3-7-14(8-4-1)11-16(15-9-5-2-6-10-15)17-19-12-18-13-20-17/h1-13H. The first kappa shape index (κ1) is 12.2. The second-order valence-corrected chi connectivity index (χ2v) is 4.30. The molecule has 96 valence electrons. The van der Waals surface area contributed by atoms with E-state index in [1.54, 1.807) is 0 Å². The average Bonchev–Trinajstić information content (AvgIpc) is 2.55. The molecule has 3 aromatic rings. The quantitative estimate of drug-likeness (QED) is 0.676. The van der Waals surface area contributed by atoms with E-state index in [0.29, 0.717) is 5.82 Å². The summed E-state index contributed by atoms with van der Waals surface area (Å²) in [6.07, 6.45) is 5.12. The molecule has 3 nitrogen and oxygen atoms in total. The highest BCUT2D eigenvalue weighted by molar-refractivity contribution is 5.88. The molecule has 0 N–H and O–H groups in total. The molecule has 0 amide bonds. The van der Waals surface area contributed by atoms with Gasteiger partial charge in [0.25, 0.3) is 0 Å². The Balaban J connectivity index is 2.12. The topological polar surface area (TPSA) is 38.7 Å². The van der Waals surface area contributed by atoms with Crippen LogP contribution in [0.15, 0.2) is 73.3 Å². The van der Waals surface area contributed by atoms with Crippen LogP contribution in [0.2, 0.25) is 0 Å². The molecule has 0 unspecified atom stereocenters. The largest absolute Gasteiger partial charge is 0.225 e. The van der Waals surface area contributed by atoms with Gasteiger partial charge in [0.1, 0.15) is 12.7 Å². The Labute approximate surface area is 117 Å². The normalized spacial score (nSPS) is 11.3. The Morgan fingerprint density at radius 1 is 0.750 bits per heavy atom. The van der Waals surface area contributed by atoms with Crippen LogP contribution in [0.4, 0.5) is 0 Å². The Bertz CT molecular complexity index is 651. The van der Waals surface area contributed by atoms with Crippen LogP contribution in [-0.2, 0) is 0 Å². The maximum atomic E-state index is 4.26. The highest BCUT2D eigenvalue weighted by Crippen LogP contribution is 2.22. The zero-order chi connectivity index (χ0) is 13.6. The molecule has 0 radical (unpaired) electrons. The lowest BCUT2D eigenvalue weighted by Crippen LogP contribution is -1.96. The van der Waals surface area contributed by atoms with Crippen LogP contribution in [0.3, 0.4) is 0 Å². The van der Waals surface area contributed by atoms with Crippen LogP contribution in [0.1, 0.15) is 17.0 Å². The Morgan fingerprint density at radius 2 is 1.35 bits per heavy atom. The van der Waals surface area contributed by atoms with Crippen LogP contribution >= 0.6 is 0 Å². The molecule has 0 aliphatic carbocycles. The summed E-state index contributed by atoms with van der Waals surface area (Å²) in [6.45, 7) is 0. The third-order valence-corrected chi connectivity index (χ3v) is 2.93. The fourth-order valence-electron chi connectivity index (χ4n) is 1.99. The zero-order valence-corrected chi connectivity index (χ0v) is 10.8. The van der Waals surface area contributed by atoms with Crippen molar-refractivity contribution in [2.75, 3.05) is 0 Å². The predicted molar refractivity (Wildman–Crippen MR) is 79.7 cm³/mol. The monoisotopic (exact) mass is 259 g/mol. The highest BCUT2D eigenvalue weighted by atomic mass is 15.0. The fraction of sp³-hybridized carbons (Fsp3) is 0. The van der Waals surface area contributed by atoms with Crippen LogP contribution in [0.5, 0.6) is 0 Å². The first-order valence-corrected chi connectivity index (χ1v) is 6.38. The molecule has 0 aliphatic rings. The van der Waals surface area contributed by atoms with E-state index < -0.39 is 0 Å². The maximum absolute atomic E-state index is 4.26. The fourth-order valence-corrected chi connectivity index (χ4v) is 1.99. The van der Waals surface area contributed by atoms with E-state index in [4.69, 9.17) is 0 Å². The van der Waals surface area contributed by atoms with E-state index in [0.717, 1.165) is 16.7 Å². The van der Waals surface area contributed by atoms with Crippen LogP contribution in [0.25, 0.3) is 11.6 Å². The van der Waals surface area contributed by atoms with Gasteiger partial charge in [0, 0.05) is 5.57 Å². The molecule has 0 saturated heterocycles. The van der Waals surface area contributed by atoms with E-state index in [9.17, 15) is 0 Å². The summed E-state index contributed by atoms with van der Waals surface area (Å²) in [5.74, 6) is 0.676. The number of hydrogen-bond donors (Lipinski definition) is 0. The molecular formula is C17H13N3. The van der Waals surface area contributed by atoms with E-state index in [1.807, 2.05) is 36.4 Å². The van der Waals surface area contributed by atoms with Gasteiger partial charge in [-0.1, -0.05) is 60.7 Å². The minimum Gasteiger partial charge on any atom is -0.225 e. The molecule has 0 aliphatic heterocycles. The van der Waals surface area contributed by atoms with E-state index >= 15 is 0 Å². The molecule has 3 rings (SSSR count). The Morgan fingerprint density at radius 3 is 2.00 bits per heavy atom. The Kier molecular flexibility index (Phi) is 3.60. The molecule has 3 heteroatoms. The number of nitrogens with zero attached hydrogens (tertiary/aromatic N) is 3. The number of rotatable bonds is 3. The van der Waals surface area contributed by atoms with Gasteiger partial charge in [0.2, 0.25) is 0 Å². The number of hydrogen-bond acceptors (Lipinski definition) is 3. The van der Waals surface area contributed by atoms with Crippen molar-refractivity contribution in [3.63, 3.8) is 0 Å². The van der Waals surface area contributed by atoms with Gasteiger partial charge in [-0.3, -0.25) is 0 Å². The molecular weight excluding hydrogens is 246 g/mol. The van der Waals surface area contributed by atoms with Gasteiger partial charge in [-0.25, -0.2) is 15.0 Å². The maximum Gasteiger partial charge on any atom is 0.163 e. The summed E-state index contributed by atoms with van der Waals surface area (Å²) in [4.78, 5) is 12.4. The van der Waals surface area contributed by atoms with Crippen molar-refractivity contribution < 1.29 is 0 Å². The van der Waals surface area contributed by atoms with Crippen LogP contribution in [-0.4, -0.2) is 15.0 Å². The molecule has 1 heterocycles. The minimum absolute atomic E-state index is 0.676. The van der Waals surface area contributed by atoms with Crippen molar-refractivity contribution in [3.05, 3.63) is 90.3 Å². The van der Waals surface area contributed by atoms with Gasteiger partial charge >= 0.3 is 0 Å². The summed E-state index contributed by atoms with van der Waals surface area (Å²) < 4.78 is 0. The third-order valence-electron chi connectivity index (χ3n) is 2.93. The molecule has 20 heavy (non-hydrogen) atoms. The van der Waals surface area contributed by atoms with Gasteiger partial charge in [0.15, 0.2) is 5.82 Å². The summed E-state index contributed by atoms with van der Waals surface area (Å²) in [7, 11) is 0. The lowest BCUT2D eigenvalue weighted by molar-refractivity contribution is 1.02. The predicted octanol–water partition coefficient (Wildman–Crippen LogP) is 3.46. The van der Waals surface area contributed by atoms with Crippen molar-refractivity contribution in [1.29, 1.82) is 0 Å². The number of benzene rings is 2. The molecule has 1 aromatic heterocycles. The van der Waals surface area contributed by atoms with Gasteiger partial charge in [-0.15, -0.1) is 0 Å². The number of aromatic nitrogens is 3. The summed E-state index contributed by atoms with van der Waals surface area (Å²) in [5, 5.41) is 0. The van der Waals surface area contributed by atoms with Crippen molar-refractivity contribution in [2.45, 2.75) is 0 Å². The summed E-state index contributed by atoms with van der Waals surface area (Å²) in [5.41, 5.74) is 3.19. The highest BCUT2D eigenvalue weighted by Gasteiger charge is 2.07. The SMILES string of the molecule is C(=C(c1ccccc1)c1ncncn1)c1ccccc1. The molecule has 0 saturated carbocycles. The van der Waals surface area contributed by atoms with Crippen molar-refractivity contribution >= 4 is 11.6 Å². The minimum atomic E-state index is 0.676. The smallest absolute Gasteiger partial charge is 0.163 e. The second kappa shape index (κ2) is 5.89. The Hall–Kier alpha value is -2.81. The average molecular weight is 259 g/mol. The molecule has 0 spiro atoms. The van der Waals surface area contributed by atoms with Gasteiger partial charge < -0.3 is 0 Å². The van der Waals surface area contributed by atoms with E-state index in [-0.39, 0.29) is 0 Å². The van der Waals surface area contributed by atoms with Crippen LogP contribution in [0, 0.1) is 0 Å². The summed E-state index contributed by atoms with van der Waals surface area (Å²) in [6, 6.07) is 20.3. The molecule has 2 aromatic carbocycles. The lowest BCUT2D eigenvalue weighted by Gasteiger charge is -2.06. The van der Waals surface area contributed by atoms with E-state index in [2.05, 4.69) is 45.3 Å². The first-order chi connectivity index (χ1) is 9.93. The first-order valence-electron chi connectivity index (χ1n) is 6.38. The summed E-state index contributed by atoms with van der Waals surface area (Å²) >= 11 is 0. The third kappa shape index (κ3) is 2.78. The lowest BCUT2D eigenvalue weighted by atomic mass is 10.0. The second-order valence-electron chi connectivity index (χ2n) is 4.30. The van der Waals surface area contributed by atoms with Gasteiger partial charge in [-0.05, 0) is 17.2 Å². The van der Waals surface area contributed by atoms with Crippen molar-refractivity contribution in [1.82, 2.24) is 15.0 Å². The van der Waals surface area contributed by atoms with E-state index in [1.165, 1.54) is 12.7 Å². The zero-order valence-electron chi connectivity index (χ0n) is 10.8.